The molecule has 4 aromatic carbocycles. The highest BCUT2D eigenvalue weighted by molar-refractivity contribution is 7.90. The van der Waals surface area contributed by atoms with Gasteiger partial charge in [0.25, 0.3) is 11.6 Å². The molecule has 1 fully saturated rings. The second-order valence-electron chi connectivity index (χ2n) is 19.8. The van der Waals surface area contributed by atoms with Gasteiger partial charge in [0, 0.05) is 43.8 Å². The summed E-state index contributed by atoms with van der Waals surface area (Å²) in [6, 6.07) is 19.2. The number of alkyl halides is 3. The molecule has 2 aliphatic rings. The van der Waals surface area contributed by atoms with Crippen molar-refractivity contribution in [2.45, 2.75) is 121 Å². The second kappa shape index (κ2) is 29.2. The summed E-state index contributed by atoms with van der Waals surface area (Å²) in [6.45, 7) is 18.4. The molecule has 7 rings (SSSR count). The van der Waals surface area contributed by atoms with Crippen molar-refractivity contribution in [3.8, 4) is 17.2 Å². The summed E-state index contributed by atoms with van der Waals surface area (Å²) in [6.07, 6.45) is 2.18. The van der Waals surface area contributed by atoms with Gasteiger partial charge in [0.05, 0.1) is 67.3 Å². The van der Waals surface area contributed by atoms with Crippen LogP contribution in [-0.2, 0) is 45.6 Å². The number of hydrogen-bond acceptors (Lipinski definition) is 15. The van der Waals surface area contributed by atoms with Gasteiger partial charge in [-0.05, 0) is 88.9 Å². The summed E-state index contributed by atoms with van der Waals surface area (Å²) in [7, 11) is -2.06. The van der Waals surface area contributed by atoms with E-state index in [1.54, 1.807) is 23.0 Å². The molecule has 2 heterocycles. The number of halogens is 5. The number of rotatable bonds is 14. The highest BCUT2D eigenvalue weighted by Gasteiger charge is 2.39. The molecule has 2 atom stereocenters. The van der Waals surface area contributed by atoms with Crippen LogP contribution in [0.5, 0.6) is 11.5 Å². The Labute approximate surface area is 489 Å². The summed E-state index contributed by atoms with van der Waals surface area (Å²) < 4.78 is 45.6. The molecule has 0 spiro atoms. The molecule has 5 aromatic rings. The van der Waals surface area contributed by atoms with E-state index in [0.717, 1.165) is 58.1 Å². The lowest BCUT2D eigenvalue weighted by Gasteiger charge is -2.35. The van der Waals surface area contributed by atoms with Crippen LogP contribution in [0, 0.1) is 23.0 Å². The molecule has 0 radical (unpaired) electrons. The average molecular weight is 1230 g/mol. The fraction of sp³-hybridized carbons (Fsp3) is 0.436. The van der Waals surface area contributed by atoms with Crippen LogP contribution in [0.2, 0.25) is 10.0 Å². The maximum atomic E-state index is 12.4. The molecule has 434 valence electrons. The van der Waals surface area contributed by atoms with E-state index in [1.807, 2.05) is 91.8 Å². The predicted molar refractivity (Wildman–Crippen MR) is 309 cm³/mol. The number of para-hydroxylation sites is 3. The van der Waals surface area contributed by atoms with Gasteiger partial charge < -0.3 is 28.4 Å². The van der Waals surface area contributed by atoms with E-state index in [1.165, 1.54) is 6.07 Å². The molecule has 19 nitrogen and oxygen atoms in total. The van der Waals surface area contributed by atoms with Crippen molar-refractivity contribution in [3.63, 3.8) is 0 Å². The van der Waals surface area contributed by atoms with Crippen LogP contribution in [0.4, 0.5) is 17.1 Å². The first-order valence-electron chi connectivity index (χ1n) is 25.0. The van der Waals surface area contributed by atoms with E-state index in [-0.39, 0.29) is 64.1 Å². The number of amides is 2. The molecule has 1 aliphatic heterocycles. The topological polar surface area (TPSA) is 245 Å². The van der Waals surface area contributed by atoms with Gasteiger partial charge in [0.15, 0.2) is 32.0 Å². The molecule has 0 bridgehead atoms. The molecule has 25 heteroatoms. The lowest BCUT2D eigenvalue weighted by molar-refractivity contribution is -0.385. The van der Waals surface area contributed by atoms with Crippen molar-refractivity contribution in [2.75, 3.05) is 42.3 Å². The van der Waals surface area contributed by atoms with Gasteiger partial charge in [-0.2, -0.15) is 4.68 Å². The number of aromatic nitrogens is 2. The second-order valence-corrected chi connectivity index (χ2v) is 24.0. The fourth-order valence-electron chi connectivity index (χ4n) is 8.28. The Morgan fingerprint density at radius 1 is 0.938 bits per heavy atom. The zero-order valence-corrected chi connectivity index (χ0v) is 50.6. The Morgan fingerprint density at radius 2 is 1.57 bits per heavy atom. The van der Waals surface area contributed by atoms with Crippen molar-refractivity contribution in [1.82, 2.24) is 9.78 Å². The fourth-order valence-corrected chi connectivity index (χ4v) is 9.76. The molecule has 1 aromatic heterocycles. The molecular formula is C55H64Cl5N5O14S. The number of benzene rings is 4. The van der Waals surface area contributed by atoms with Crippen molar-refractivity contribution < 1.29 is 55.9 Å². The first-order valence-corrected chi connectivity index (χ1v) is 29.1. The number of anilines is 2. The number of ketones is 3. The van der Waals surface area contributed by atoms with Gasteiger partial charge >= 0.3 is 5.76 Å². The summed E-state index contributed by atoms with van der Waals surface area (Å²) in [5, 5.41) is 16.0. The number of ether oxygens (including phenoxy) is 3. The molecule has 80 heavy (non-hydrogen) atoms. The Hall–Kier alpha value is -5.87. The smallest absolute Gasteiger partial charge is 0.442 e. The standard InChI is InChI=1S/C15H18Cl2N2O3.C15H22ClNO2.C14H13NO7S.C11H11Cl2NO2/c1-8(2)21-12-7-11(9(16)6-10(12)17)19-14(20)22-13(18-19)15(3,4)5;1-5-13-8-6-7-11(2)15(13)17(14(18)9-16)12(3)10-19-4;1-23(21,22)8-5-6-9(10(7-8)15(19)20)14(18)13-11(16)3-2-4-12(13)17;1-7-6-16-9-5-3-2-4-8(9)14(7)11(15)10(12)13/h6-8H,1-5H3;6-8,12H,5,9-10H2,1-4H3;5-7,13H,2-4H2,1H3;2-5,7,10H,6H2,1H3. The van der Waals surface area contributed by atoms with Gasteiger partial charge in [-0.15, -0.1) is 16.7 Å². The van der Waals surface area contributed by atoms with E-state index in [0.29, 0.717) is 47.7 Å². The molecule has 1 saturated carbocycles. The minimum atomic E-state index is -3.70. The number of Topliss-reactive ketones (excluding diaryl/α,β-unsaturated/α-hetero) is 3. The van der Waals surface area contributed by atoms with Gasteiger partial charge in [-0.3, -0.25) is 34.1 Å². The molecule has 1 aliphatic carbocycles. The highest BCUT2D eigenvalue weighted by Crippen LogP contribution is 2.36. The minimum Gasteiger partial charge on any atom is -0.489 e. The number of nitro benzene ring substituents is 1. The monoisotopic (exact) mass is 1230 g/mol. The maximum absolute atomic E-state index is 12.4. The van der Waals surface area contributed by atoms with Gasteiger partial charge in [-0.25, -0.2) is 13.2 Å². The Morgan fingerprint density at radius 3 is 2.11 bits per heavy atom. The van der Waals surface area contributed by atoms with Crippen LogP contribution in [-0.4, -0.2) is 108 Å². The SMILES string of the molecule is CC(C)Oc1cc(-n2nc(C(C)(C)C)oc2=O)c(Cl)cc1Cl.CC1COc2ccccc2N1C(=O)C(Cl)Cl.CCc1cccc(C)c1N(C(=O)CCl)C(C)COC.CS(=O)(=O)c1ccc(C(=O)C2C(=O)CCCC2=O)c([N+](=O)[O-])c1. The quantitative estimate of drug-likeness (QED) is 0.0330. The number of carbonyl (C=O) groups is 5. The number of nitrogens with zero attached hydrogens (tertiary/aromatic N) is 5. The number of aryl methyl sites for hydroxylation is 2. The van der Waals surface area contributed by atoms with E-state index in [4.69, 9.17) is 76.6 Å². The third-order valence-corrected chi connectivity index (χ3v) is 14.3. The number of carbonyl (C=O) groups excluding carboxylic acids is 5. The molecular weight excluding hydrogens is 1160 g/mol. The van der Waals surface area contributed by atoms with Crippen molar-refractivity contribution >= 4 is 114 Å². The van der Waals surface area contributed by atoms with Gasteiger partial charge in [0.1, 0.15) is 29.9 Å². The molecule has 2 unspecified atom stereocenters. The van der Waals surface area contributed by atoms with Crippen molar-refractivity contribution in [3.05, 3.63) is 126 Å². The number of sulfone groups is 1. The average Bonchev–Trinajstić information content (AvgIpc) is 3.80. The molecule has 0 saturated heterocycles. The van der Waals surface area contributed by atoms with Crippen LogP contribution in [0.1, 0.15) is 102 Å². The van der Waals surface area contributed by atoms with E-state index in [2.05, 4.69) is 18.1 Å². The van der Waals surface area contributed by atoms with Crippen molar-refractivity contribution in [2.24, 2.45) is 5.92 Å². The largest absolute Gasteiger partial charge is 0.489 e. The maximum Gasteiger partial charge on any atom is 0.442 e. The zero-order valence-electron chi connectivity index (χ0n) is 46.0. The van der Waals surface area contributed by atoms with Crippen LogP contribution in [0.3, 0.4) is 0 Å². The van der Waals surface area contributed by atoms with Crippen LogP contribution >= 0.6 is 58.0 Å². The zero-order chi connectivity index (χ0) is 60.1. The van der Waals surface area contributed by atoms with Gasteiger partial charge in [-0.1, -0.05) is 104 Å². The third kappa shape index (κ3) is 17.1. The van der Waals surface area contributed by atoms with E-state index >= 15 is 0 Å². The summed E-state index contributed by atoms with van der Waals surface area (Å²) in [4.78, 5) is 84.4. The van der Waals surface area contributed by atoms with Crippen LogP contribution in [0.25, 0.3) is 5.69 Å². The lowest BCUT2D eigenvalue weighted by atomic mass is 9.81. The number of nitro groups is 1. The normalized spacial score (nSPS) is 14.8. The molecule has 2 amide bonds. The first kappa shape index (κ1) is 66.6. The van der Waals surface area contributed by atoms with Crippen LogP contribution < -0.4 is 25.0 Å². The summed E-state index contributed by atoms with van der Waals surface area (Å²) in [5.74, 6) is -3.20. The van der Waals surface area contributed by atoms with E-state index < -0.39 is 59.9 Å². The van der Waals surface area contributed by atoms with Crippen LogP contribution in [0.15, 0.2) is 86.9 Å². The number of hydrogen-bond donors (Lipinski definition) is 0. The molecule has 0 N–H and O–H groups in total. The Kier molecular flexibility index (Phi) is 24.3. The lowest BCUT2D eigenvalue weighted by Crippen LogP contribution is -2.47. The van der Waals surface area contributed by atoms with Gasteiger partial charge in [0.2, 0.25) is 11.8 Å². The highest BCUT2D eigenvalue weighted by atomic mass is 35.5. The number of fused-ring (bicyclic) bond motifs is 1. The van der Waals surface area contributed by atoms with Crippen molar-refractivity contribution in [1.29, 1.82) is 0 Å². The summed E-state index contributed by atoms with van der Waals surface area (Å²) in [5.41, 5.74) is 2.74. The summed E-state index contributed by atoms with van der Waals surface area (Å²) >= 11 is 29.3. The van der Waals surface area contributed by atoms with E-state index in [9.17, 15) is 47.3 Å². The predicted octanol–water partition coefficient (Wildman–Crippen LogP) is 11.1. The Bertz CT molecular complexity index is 3230. The first-order chi connectivity index (χ1) is 37.4. The Balaban J connectivity index is 0.000000232. The third-order valence-electron chi connectivity index (χ3n) is 12.0. The minimum absolute atomic E-state index is 0.0223. The number of methoxy groups -OCH3 is 1.